The molecule has 17 heavy (non-hydrogen) atoms. The van der Waals surface area contributed by atoms with Gasteiger partial charge in [-0.1, -0.05) is 6.42 Å². The van der Waals surface area contributed by atoms with Crippen molar-refractivity contribution in [2.75, 3.05) is 20.3 Å². The second kappa shape index (κ2) is 6.33. The Morgan fingerprint density at radius 1 is 1.71 bits per heavy atom. The lowest BCUT2D eigenvalue weighted by molar-refractivity contribution is -0.130. The third-order valence-corrected chi connectivity index (χ3v) is 3.67. The van der Waals surface area contributed by atoms with Crippen LogP contribution in [0.2, 0.25) is 0 Å². The minimum atomic E-state index is -0.523. The van der Waals surface area contributed by atoms with Gasteiger partial charge < -0.3 is 20.9 Å². The Labute approximate surface area is 103 Å². The van der Waals surface area contributed by atoms with Crippen LogP contribution < -0.4 is 11.1 Å². The summed E-state index contributed by atoms with van der Waals surface area (Å²) >= 11 is 0. The van der Waals surface area contributed by atoms with Crippen LogP contribution in [-0.4, -0.2) is 43.4 Å². The summed E-state index contributed by atoms with van der Waals surface area (Å²) < 4.78 is 4.82. The molecular formula is C12H24N2O3. The predicted molar refractivity (Wildman–Crippen MR) is 65.4 cm³/mol. The Bertz CT molecular complexity index is 260. The van der Waals surface area contributed by atoms with Crippen molar-refractivity contribution in [1.29, 1.82) is 0 Å². The van der Waals surface area contributed by atoms with Gasteiger partial charge in [0.05, 0.1) is 18.1 Å². The van der Waals surface area contributed by atoms with Gasteiger partial charge in [0.25, 0.3) is 0 Å². The van der Waals surface area contributed by atoms with Gasteiger partial charge in [-0.25, -0.2) is 0 Å². The molecule has 3 atom stereocenters. The largest absolute Gasteiger partial charge is 0.391 e. The highest BCUT2D eigenvalue weighted by molar-refractivity contribution is 5.83. The summed E-state index contributed by atoms with van der Waals surface area (Å²) in [6, 6.07) is -0.0496. The van der Waals surface area contributed by atoms with Crippen molar-refractivity contribution in [3.63, 3.8) is 0 Å². The number of aliphatic hydroxyl groups excluding tert-OH is 1. The van der Waals surface area contributed by atoms with Gasteiger partial charge in [0, 0.05) is 19.7 Å². The number of carbonyl (C=O) groups excluding carboxylic acids is 1. The van der Waals surface area contributed by atoms with Crippen molar-refractivity contribution in [2.24, 2.45) is 11.1 Å². The molecule has 0 aliphatic heterocycles. The molecule has 1 aliphatic carbocycles. The van der Waals surface area contributed by atoms with E-state index < -0.39 is 11.5 Å². The number of methoxy groups -OCH3 is 1. The maximum atomic E-state index is 12.0. The molecule has 5 heteroatoms. The zero-order valence-electron chi connectivity index (χ0n) is 10.7. The van der Waals surface area contributed by atoms with E-state index in [2.05, 4.69) is 5.32 Å². The quantitative estimate of drug-likeness (QED) is 0.615. The lowest BCUT2D eigenvalue weighted by Crippen LogP contribution is -2.47. The van der Waals surface area contributed by atoms with Crippen molar-refractivity contribution < 1.29 is 14.6 Å². The zero-order chi connectivity index (χ0) is 12.9. The van der Waals surface area contributed by atoms with Gasteiger partial charge >= 0.3 is 0 Å². The van der Waals surface area contributed by atoms with Gasteiger partial charge in [-0.3, -0.25) is 4.79 Å². The molecule has 0 aromatic carbocycles. The molecule has 3 unspecified atom stereocenters. The summed E-state index contributed by atoms with van der Waals surface area (Å²) in [7, 11) is 1.54. The van der Waals surface area contributed by atoms with E-state index in [1.54, 1.807) is 7.11 Å². The Morgan fingerprint density at radius 3 is 2.94 bits per heavy atom. The molecule has 1 fully saturated rings. The van der Waals surface area contributed by atoms with Crippen molar-refractivity contribution in [1.82, 2.24) is 5.32 Å². The number of nitrogens with one attached hydrogen (secondary N) is 1. The van der Waals surface area contributed by atoms with E-state index in [1.807, 2.05) is 6.92 Å². The average molecular weight is 244 g/mol. The van der Waals surface area contributed by atoms with Crippen LogP contribution in [0, 0.1) is 5.41 Å². The highest BCUT2D eigenvalue weighted by Gasteiger charge is 2.42. The maximum absolute atomic E-state index is 12.0. The SMILES string of the molecule is COCC(O)CCNC(=O)C1(C)CCCC1N. The molecule has 0 heterocycles. The molecule has 1 amide bonds. The number of nitrogens with two attached hydrogens (primary N) is 1. The topological polar surface area (TPSA) is 84.6 Å². The number of rotatable bonds is 6. The highest BCUT2D eigenvalue weighted by Crippen LogP contribution is 2.36. The molecule has 0 aromatic rings. The Kier molecular flexibility index (Phi) is 5.36. The van der Waals surface area contributed by atoms with E-state index in [1.165, 1.54) is 0 Å². The van der Waals surface area contributed by atoms with E-state index in [9.17, 15) is 9.90 Å². The number of amides is 1. The van der Waals surface area contributed by atoms with Crippen molar-refractivity contribution in [3.05, 3.63) is 0 Å². The van der Waals surface area contributed by atoms with E-state index in [0.29, 0.717) is 19.6 Å². The fourth-order valence-corrected chi connectivity index (χ4v) is 2.31. The molecule has 5 nitrogen and oxygen atoms in total. The van der Waals surface area contributed by atoms with Crippen LogP contribution in [-0.2, 0) is 9.53 Å². The van der Waals surface area contributed by atoms with Crippen molar-refractivity contribution >= 4 is 5.91 Å². The molecule has 0 saturated heterocycles. The molecule has 1 saturated carbocycles. The second-order valence-electron chi connectivity index (χ2n) is 5.07. The molecule has 100 valence electrons. The van der Waals surface area contributed by atoms with E-state index in [4.69, 9.17) is 10.5 Å². The fraction of sp³-hybridized carbons (Fsp3) is 0.917. The van der Waals surface area contributed by atoms with Crippen molar-refractivity contribution in [3.8, 4) is 0 Å². The third-order valence-electron chi connectivity index (χ3n) is 3.67. The average Bonchev–Trinajstić information content (AvgIpc) is 2.61. The van der Waals surface area contributed by atoms with Crippen LogP contribution in [0.1, 0.15) is 32.6 Å². The first-order chi connectivity index (χ1) is 8.00. The van der Waals surface area contributed by atoms with Gasteiger partial charge in [-0.2, -0.15) is 0 Å². The molecule has 0 radical (unpaired) electrons. The number of carbonyl (C=O) groups is 1. The summed E-state index contributed by atoms with van der Waals surface area (Å²) in [5.74, 6) is 0.00659. The molecule has 1 aliphatic rings. The highest BCUT2D eigenvalue weighted by atomic mass is 16.5. The van der Waals surface area contributed by atoms with Gasteiger partial charge in [0.15, 0.2) is 0 Å². The van der Waals surface area contributed by atoms with E-state index >= 15 is 0 Å². The van der Waals surface area contributed by atoms with Crippen LogP contribution in [0.25, 0.3) is 0 Å². The Balaban J connectivity index is 2.30. The number of ether oxygens (including phenoxy) is 1. The van der Waals surface area contributed by atoms with Crippen LogP contribution in [0.3, 0.4) is 0 Å². The monoisotopic (exact) mass is 244 g/mol. The van der Waals surface area contributed by atoms with Gasteiger partial charge in [-0.05, 0) is 26.2 Å². The van der Waals surface area contributed by atoms with E-state index in [0.717, 1.165) is 19.3 Å². The number of hydrogen-bond donors (Lipinski definition) is 3. The first-order valence-corrected chi connectivity index (χ1v) is 6.21. The lowest BCUT2D eigenvalue weighted by Gasteiger charge is -2.27. The molecule has 0 aromatic heterocycles. The minimum Gasteiger partial charge on any atom is -0.391 e. The van der Waals surface area contributed by atoms with Crippen LogP contribution in [0.5, 0.6) is 0 Å². The first-order valence-electron chi connectivity index (χ1n) is 6.21. The van der Waals surface area contributed by atoms with Gasteiger partial charge in [-0.15, -0.1) is 0 Å². The third kappa shape index (κ3) is 3.66. The molecule has 1 rings (SSSR count). The van der Waals surface area contributed by atoms with Crippen molar-refractivity contribution in [2.45, 2.75) is 44.8 Å². The minimum absolute atomic E-state index is 0.00659. The summed E-state index contributed by atoms with van der Waals surface area (Å²) in [6.45, 7) is 2.68. The van der Waals surface area contributed by atoms with Crippen LogP contribution in [0.4, 0.5) is 0 Å². The molecular weight excluding hydrogens is 220 g/mol. The van der Waals surface area contributed by atoms with Crippen LogP contribution >= 0.6 is 0 Å². The standard InChI is InChI=1S/C12H24N2O3/c1-12(6-3-4-10(12)13)11(16)14-7-5-9(15)8-17-2/h9-10,15H,3-8,13H2,1-2H3,(H,14,16). The van der Waals surface area contributed by atoms with Gasteiger partial charge in [0.2, 0.25) is 5.91 Å². The Hall–Kier alpha value is -0.650. The lowest BCUT2D eigenvalue weighted by atomic mass is 9.84. The zero-order valence-corrected chi connectivity index (χ0v) is 10.7. The molecule has 0 spiro atoms. The van der Waals surface area contributed by atoms with Crippen LogP contribution in [0.15, 0.2) is 0 Å². The number of aliphatic hydroxyl groups is 1. The molecule has 0 bridgehead atoms. The smallest absolute Gasteiger partial charge is 0.227 e. The normalized spacial score (nSPS) is 30.2. The fourth-order valence-electron chi connectivity index (χ4n) is 2.31. The Morgan fingerprint density at radius 2 is 2.41 bits per heavy atom. The van der Waals surface area contributed by atoms with Gasteiger partial charge in [0.1, 0.15) is 0 Å². The van der Waals surface area contributed by atoms with E-state index in [-0.39, 0.29) is 11.9 Å². The molecule has 4 N–H and O–H groups in total. The summed E-state index contributed by atoms with van der Waals surface area (Å²) in [5, 5.41) is 12.3. The second-order valence-corrected chi connectivity index (χ2v) is 5.07. The first kappa shape index (κ1) is 14.4. The summed E-state index contributed by atoms with van der Waals surface area (Å²) in [6.07, 6.45) is 2.75. The maximum Gasteiger partial charge on any atom is 0.227 e. The predicted octanol–water partition coefficient (Wildman–Crippen LogP) is 0.0175. The number of hydrogen-bond acceptors (Lipinski definition) is 4. The summed E-state index contributed by atoms with van der Waals surface area (Å²) in [4.78, 5) is 12.0. The summed E-state index contributed by atoms with van der Waals surface area (Å²) in [5.41, 5.74) is 5.52.